The number of aromatic nitrogens is 2. The SMILES string of the molecule is Bc1cc(N/C(=N\O)c2nonc2C)ccc1F. The zero-order valence-corrected chi connectivity index (χ0v) is 9.81. The zero-order valence-electron chi connectivity index (χ0n) is 9.81. The molecule has 0 saturated heterocycles. The Bertz CT molecular complexity index is 599. The van der Waals surface area contributed by atoms with Crippen molar-refractivity contribution in [2.24, 2.45) is 5.16 Å². The molecular weight excluding hydrogens is 238 g/mol. The molecule has 0 aliphatic heterocycles. The van der Waals surface area contributed by atoms with E-state index in [0.29, 0.717) is 22.5 Å². The van der Waals surface area contributed by atoms with Gasteiger partial charge < -0.3 is 10.5 Å². The lowest BCUT2D eigenvalue weighted by atomic mass is 9.95. The molecule has 0 bridgehead atoms. The van der Waals surface area contributed by atoms with Crippen molar-refractivity contribution in [3.8, 4) is 0 Å². The fourth-order valence-electron chi connectivity index (χ4n) is 1.44. The lowest BCUT2D eigenvalue weighted by Gasteiger charge is -2.07. The molecule has 0 fully saturated rings. The minimum Gasteiger partial charge on any atom is -0.409 e. The van der Waals surface area contributed by atoms with E-state index in [1.807, 2.05) is 0 Å². The van der Waals surface area contributed by atoms with Crippen LogP contribution < -0.4 is 10.8 Å². The fourth-order valence-corrected chi connectivity index (χ4v) is 1.44. The van der Waals surface area contributed by atoms with E-state index < -0.39 is 0 Å². The van der Waals surface area contributed by atoms with E-state index in [2.05, 4.69) is 25.4 Å². The first-order valence-corrected chi connectivity index (χ1v) is 5.16. The molecule has 1 aromatic carbocycles. The molecule has 2 rings (SSSR count). The van der Waals surface area contributed by atoms with Crippen LogP contribution in [0.5, 0.6) is 0 Å². The summed E-state index contributed by atoms with van der Waals surface area (Å²) in [5, 5.41) is 22.0. The smallest absolute Gasteiger partial charge is 0.201 e. The predicted molar refractivity (Wildman–Crippen MR) is 65.6 cm³/mol. The minimum atomic E-state index is -0.303. The quantitative estimate of drug-likeness (QED) is 0.257. The molecule has 2 aromatic rings. The molecule has 0 amide bonds. The summed E-state index contributed by atoms with van der Waals surface area (Å²) in [7, 11) is 1.64. The fraction of sp³-hybridized carbons (Fsp3) is 0.100. The normalized spacial score (nSPS) is 11.6. The number of anilines is 1. The van der Waals surface area contributed by atoms with Crippen LogP contribution in [0.15, 0.2) is 28.0 Å². The van der Waals surface area contributed by atoms with Gasteiger partial charge in [-0.1, -0.05) is 15.8 Å². The van der Waals surface area contributed by atoms with Gasteiger partial charge in [0.05, 0.1) is 0 Å². The number of nitrogens with one attached hydrogen (secondary N) is 1. The number of rotatable bonds is 2. The first-order valence-electron chi connectivity index (χ1n) is 5.16. The highest BCUT2D eigenvalue weighted by molar-refractivity contribution is 6.32. The number of hydrogen-bond acceptors (Lipinski definition) is 5. The third-order valence-corrected chi connectivity index (χ3v) is 2.40. The van der Waals surface area contributed by atoms with Crippen LogP contribution in [0.25, 0.3) is 0 Å². The van der Waals surface area contributed by atoms with Crippen molar-refractivity contribution >= 4 is 24.8 Å². The van der Waals surface area contributed by atoms with Crippen molar-refractivity contribution in [3.05, 3.63) is 35.4 Å². The monoisotopic (exact) mass is 248 g/mol. The van der Waals surface area contributed by atoms with Gasteiger partial charge in [-0.15, -0.1) is 0 Å². The van der Waals surface area contributed by atoms with Gasteiger partial charge in [-0.3, -0.25) is 0 Å². The molecule has 2 N–H and O–H groups in total. The summed E-state index contributed by atoms with van der Waals surface area (Å²) in [5.74, 6) is -0.220. The van der Waals surface area contributed by atoms with E-state index in [4.69, 9.17) is 5.21 Å². The summed E-state index contributed by atoms with van der Waals surface area (Å²) in [6.45, 7) is 1.66. The van der Waals surface area contributed by atoms with Crippen molar-refractivity contribution in [2.75, 3.05) is 5.32 Å². The second-order valence-electron chi connectivity index (χ2n) is 3.74. The van der Waals surface area contributed by atoms with Gasteiger partial charge in [0, 0.05) is 5.69 Å². The Morgan fingerprint density at radius 2 is 2.28 bits per heavy atom. The molecular formula is C10H10BFN4O2. The molecule has 0 atom stereocenters. The molecule has 0 aliphatic rings. The average Bonchev–Trinajstić information content (AvgIpc) is 2.77. The van der Waals surface area contributed by atoms with Gasteiger partial charge in [-0.2, -0.15) is 0 Å². The third kappa shape index (κ3) is 2.32. The van der Waals surface area contributed by atoms with Crippen LogP contribution in [0.3, 0.4) is 0 Å². The van der Waals surface area contributed by atoms with Crippen LogP contribution in [0.2, 0.25) is 0 Å². The molecule has 6 nitrogen and oxygen atoms in total. The van der Waals surface area contributed by atoms with E-state index in [0.717, 1.165) is 0 Å². The lowest BCUT2D eigenvalue weighted by Crippen LogP contribution is -2.17. The highest BCUT2D eigenvalue weighted by Crippen LogP contribution is 2.10. The van der Waals surface area contributed by atoms with Gasteiger partial charge in [0.25, 0.3) is 0 Å². The first-order chi connectivity index (χ1) is 8.61. The maximum Gasteiger partial charge on any atom is 0.201 e. The number of aryl methyl sites for hydroxylation is 1. The van der Waals surface area contributed by atoms with Crippen LogP contribution in [0.1, 0.15) is 11.4 Å². The van der Waals surface area contributed by atoms with E-state index in [-0.39, 0.29) is 11.7 Å². The molecule has 0 aliphatic carbocycles. The van der Waals surface area contributed by atoms with Gasteiger partial charge in [-0.25, -0.2) is 9.02 Å². The number of hydrogen-bond donors (Lipinski definition) is 2. The maximum atomic E-state index is 13.1. The Balaban J connectivity index is 2.27. The van der Waals surface area contributed by atoms with E-state index >= 15 is 0 Å². The second kappa shape index (κ2) is 4.86. The Kier molecular flexibility index (Phi) is 3.27. The van der Waals surface area contributed by atoms with Gasteiger partial charge in [0.1, 0.15) is 19.4 Å². The van der Waals surface area contributed by atoms with Gasteiger partial charge in [-0.05, 0) is 30.3 Å². The molecule has 92 valence electrons. The lowest BCUT2D eigenvalue weighted by molar-refractivity contribution is 0.302. The summed E-state index contributed by atoms with van der Waals surface area (Å²) in [5.41, 5.74) is 1.82. The number of halogens is 1. The van der Waals surface area contributed by atoms with Gasteiger partial charge in [0.2, 0.25) is 5.84 Å². The van der Waals surface area contributed by atoms with Crippen LogP contribution >= 0.6 is 0 Å². The van der Waals surface area contributed by atoms with Crippen LogP contribution in [-0.2, 0) is 0 Å². The van der Waals surface area contributed by atoms with Crippen molar-refractivity contribution in [3.63, 3.8) is 0 Å². The molecule has 8 heteroatoms. The van der Waals surface area contributed by atoms with Crippen molar-refractivity contribution < 1.29 is 14.2 Å². The summed E-state index contributed by atoms with van der Waals surface area (Å²) in [4.78, 5) is 0. The molecule has 0 spiro atoms. The molecule has 0 radical (unpaired) electrons. The summed E-state index contributed by atoms with van der Waals surface area (Å²) in [6.07, 6.45) is 0. The number of benzene rings is 1. The Labute approximate surface area is 103 Å². The summed E-state index contributed by atoms with van der Waals surface area (Å²) >= 11 is 0. The largest absolute Gasteiger partial charge is 0.409 e. The summed E-state index contributed by atoms with van der Waals surface area (Å²) in [6, 6.07) is 4.43. The van der Waals surface area contributed by atoms with E-state index in [1.54, 1.807) is 20.8 Å². The molecule has 1 aromatic heterocycles. The Morgan fingerprint density at radius 1 is 1.50 bits per heavy atom. The van der Waals surface area contributed by atoms with Gasteiger partial charge in [0.15, 0.2) is 5.69 Å². The summed E-state index contributed by atoms with van der Waals surface area (Å²) < 4.78 is 17.6. The van der Waals surface area contributed by atoms with Crippen molar-refractivity contribution in [1.82, 2.24) is 10.3 Å². The molecule has 0 saturated carbocycles. The van der Waals surface area contributed by atoms with Crippen LogP contribution in [-0.4, -0.2) is 29.2 Å². The number of oxime groups is 1. The number of amidine groups is 1. The highest BCUT2D eigenvalue weighted by atomic mass is 19.1. The average molecular weight is 248 g/mol. The molecule has 1 heterocycles. The molecule has 18 heavy (non-hydrogen) atoms. The van der Waals surface area contributed by atoms with Gasteiger partial charge >= 0.3 is 0 Å². The highest BCUT2D eigenvalue weighted by Gasteiger charge is 2.14. The van der Waals surface area contributed by atoms with E-state index in [9.17, 15) is 4.39 Å². The maximum absolute atomic E-state index is 13.1. The topological polar surface area (TPSA) is 83.5 Å². The van der Waals surface area contributed by atoms with Crippen molar-refractivity contribution in [1.29, 1.82) is 0 Å². The second-order valence-corrected chi connectivity index (χ2v) is 3.74. The van der Waals surface area contributed by atoms with E-state index in [1.165, 1.54) is 12.1 Å². The zero-order chi connectivity index (χ0) is 13.1. The van der Waals surface area contributed by atoms with Crippen LogP contribution in [0.4, 0.5) is 10.1 Å². The minimum absolute atomic E-state index is 0.0831. The molecule has 0 unspecified atom stereocenters. The van der Waals surface area contributed by atoms with Crippen LogP contribution in [0, 0.1) is 12.7 Å². The predicted octanol–water partition coefficient (Wildman–Crippen LogP) is 0.0234. The number of nitrogens with zero attached hydrogens (tertiary/aromatic N) is 3. The van der Waals surface area contributed by atoms with Crippen molar-refractivity contribution in [2.45, 2.75) is 6.92 Å². The Morgan fingerprint density at radius 3 is 2.83 bits per heavy atom. The first kappa shape index (κ1) is 12.1. The third-order valence-electron chi connectivity index (χ3n) is 2.40. The Hall–Kier alpha value is -2.38. The standard InChI is InChI=1S/C10H10BFN4O2/c1-5-9(16-18-15-5)10(14-17)13-6-2-3-8(12)7(11)4-6/h2-4,17H,11H2,1H3,(H,13,14).